The third-order valence-electron chi connectivity index (χ3n) is 4.34. The zero-order chi connectivity index (χ0) is 18.6. The number of ether oxygens (including phenoxy) is 4. The van der Waals surface area contributed by atoms with Crippen molar-refractivity contribution in [2.75, 3.05) is 33.5 Å². The van der Waals surface area contributed by atoms with Crippen LogP contribution in [-0.4, -0.2) is 74.2 Å². The van der Waals surface area contributed by atoms with Crippen molar-refractivity contribution in [3.8, 4) is 0 Å². The summed E-state index contributed by atoms with van der Waals surface area (Å²) < 4.78 is 20.9. The SMILES string of the molecule is CCOC(=O)N[C@H](C(=O)N1CC2(C[C@H]1C(=O)OC)OCCO2)C(C)C. The van der Waals surface area contributed by atoms with Gasteiger partial charge in [-0.05, 0) is 12.8 Å². The number of hydrogen-bond acceptors (Lipinski definition) is 7. The maximum atomic E-state index is 13.0. The van der Waals surface area contributed by atoms with E-state index in [2.05, 4.69) is 5.32 Å². The molecule has 0 bridgehead atoms. The lowest BCUT2D eigenvalue weighted by Gasteiger charge is -2.29. The molecular weight excluding hydrogens is 332 g/mol. The van der Waals surface area contributed by atoms with Gasteiger partial charge in [0.1, 0.15) is 12.1 Å². The minimum absolute atomic E-state index is 0.110. The number of carbonyl (C=O) groups is 3. The van der Waals surface area contributed by atoms with Gasteiger partial charge in [-0.3, -0.25) is 4.79 Å². The molecule has 0 aromatic carbocycles. The van der Waals surface area contributed by atoms with E-state index in [9.17, 15) is 14.4 Å². The van der Waals surface area contributed by atoms with E-state index < -0.39 is 35.8 Å². The standard InChI is InChI=1S/C16H26N2O7/c1-5-23-15(21)17-12(10(2)3)13(19)18-9-16(24-6-7-25-16)8-11(18)14(20)22-4/h10-12H,5-9H2,1-4H3,(H,17,21)/t11-,12-/m0/s1. The predicted octanol–water partition coefficient (Wildman–Crippen LogP) is 0.274. The molecule has 2 fully saturated rings. The maximum Gasteiger partial charge on any atom is 0.407 e. The topological polar surface area (TPSA) is 103 Å². The molecule has 9 nitrogen and oxygen atoms in total. The van der Waals surface area contributed by atoms with Crippen LogP contribution in [0.25, 0.3) is 0 Å². The molecule has 0 aliphatic carbocycles. The highest BCUT2D eigenvalue weighted by atomic mass is 16.7. The van der Waals surface area contributed by atoms with Crippen LogP contribution in [0.2, 0.25) is 0 Å². The highest BCUT2D eigenvalue weighted by Gasteiger charge is 2.54. The zero-order valence-corrected chi connectivity index (χ0v) is 15.1. The first-order chi connectivity index (χ1) is 11.8. The van der Waals surface area contributed by atoms with Crippen molar-refractivity contribution in [2.45, 2.75) is 45.1 Å². The van der Waals surface area contributed by atoms with E-state index in [0.717, 1.165) is 0 Å². The van der Waals surface area contributed by atoms with Gasteiger partial charge in [0.2, 0.25) is 5.91 Å². The molecule has 142 valence electrons. The molecule has 2 amide bonds. The highest BCUT2D eigenvalue weighted by Crippen LogP contribution is 2.35. The summed E-state index contributed by atoms with van der Waals surface area (Å²) in [6.07, 6.45) is -0.471. The molecule has 2 aliphatic heterocycles. The van der Waals surface area contributed by atoms with Gasteiger partial charge in [0.05, 0.1) is 33.5 Å². The largest absolute Gasteiger partial charge is 0.467 e. The van der Waals surface area contributed by atoms with Gasteiger partial charge in [-0.25, -0.2) is 9.59 Å². The molecular formula is C16H26N2O7. The van der Waals surface area contributed by atoms with Crippen LogP contribution in [0.15, 0.2) is 0 Å². The molecule has 2 saturated heterocycles. The number of nitrogens with zero attached hydrogens (tertiary/aromatic N) is 1. The molecule has 9 heteroatoms. The van der Waals surface area contributed by atoms with E-state index in [4.69, 9.17) is 18.9 Å². The number of methoxy groups -OCH3 is 1. The van der Waals surface area contributed by atoms with Crippen molar-refractivity contribution in [3.63, 3.8) is 0 Å². The Labute approximate surface area is 146 Å². The third kappa shape index (κ3) is 4.21. The Morgan fingerprint density at radius 1 is 1.28 bits per heavy atom. The second-order valence-electron chi connectivity index (χ2n) is 6.40. The van der Waals surface area contributed by atoms with Gasteiger partial charge in [-0.1, -0.05) is 13.8 Å². The number of carbonyl (C=O) groups excluding carboxylic acids is 3. The summed E-state index contributed by atoms with van der Waals surface area (Å²) in [6, 6.07) is -1.65. The first kappa shape index (κ1) is 19.5. The molecule has 1 N–H and O–H groups in total. The van der Waals surface area contributed by atoms with Crippen molar-refractivity contribution in [1.82, 2.24) is 10.2 Å². The van der Waals surface area contributed by atoms with Gasteiger partial charge in [0.15, 0.2) is 5.79 Å². The fourth-order valence-electron chi connectivity index (χ4n) is 3.12. The van der Waals surface area contributed by atoms with Crippen molar-refractivity contribution in [3.05, 3.63) is 0 Å². The quantitative estimate of drug-likeness (QED) is 0.704. The van der Waals surface area contributed by atoms with Crippen LogP contribution in [0.1, 0.15) is 27.2 Å². The van der Waals surface area contributed by atoms with Crippen LogP contribution in [0.3, 0.4) is 0 Å². The number of rotatable bonds is 5. The first-order valence-electron chi connectivity index (χ1n) is 8.43. The van der Waals surface area contributed by atoms with E-state index in [1.165, 1.54) is 12.0 Å². The van der Waals surface area contributed by atoms with Crippen LogP contribution in [0.5, 0.6) is 0 Å². The summed E-state index contributed by atoms with van der Waals surface area (Å²) in [6.45, 7) is 6.41. The molecule has 2 aliphatic rings. The molecule has 0 unspecified atom stereocenters. The average molecular weight is 358 g/mol. The Hall–Kier alpha value is -1.87. The van der Waals surface area contributed by atoms with Gasteiger partial charge in [0.25, 0.3) is 0 Å². The van der Waals surface area contributed by atoms with Crippen molar-refractivity contribution in [2.24, 2.45) is 5.92 Å². The average Bonchev–Trinajstić information content (AvgIpc) is 3.19. The fourth-order valence-corrected chi connectivity index (χ4v) is 3.12. The Morgan fingerprint density at radius 2 is 1.92 bits per heavy atom. The predicted molar refractivity (Wildman–Crippen MR) is 85.6 cm³/mol. The smallest absolute Gasteiger partial charge is 0.407 e. The number of alkyl carbamates (subject to hydrolysis) is 1. The molecule has 2 atom stereocenters. The van der Waals surface area contributed by atoms with Gasteiger partial charge in [-0.2, -0.15) is 0 Å². The van der Waals surface area contributed by atoms with E-state index in [1.807, 2.05) is 0 Å². The van der Waals surface area contributed by atoms with E-state index in [0.29, 0.717) is 13.2 Å². The lowest BCUT2D eigenvalue weighted by Crippen LogP contribution is -2.54. The van der Waals surface area contributed by atoms with Gasteiger partial charge in [-0.15, -0.1) is 0 Å². The second kappa shape index (κ2) is 8.01. The first-order valence-corrected chi connectivity index (χ1v) is 8.43. The highest BCUT2D eigenvalue weighted by molar-refractivity contribution is 5.90. The second-order valence-corrected chi connectivity index (χ2v) is 6.40. The Morgan fingerprint density at radius 3 is 2.44 bits per heavy atom. The lowest BCUT2D eigenvalue weighted by molar-refractivity contribution is -0.153. The number of likely N-dealkylation sites (tertiary alicyclic amines) is 1. The molecule has 25 heavy (non-hydrogen) atoms. The monoisotopic (exact) mass is 358 g/mol. The van der Waals surface area contributed by atoms with Gasteiger partial charge < -0.3 is 29.2 Å². The molecule has 0 radical (unpaired) electrons. The number of esters is 1. The Bertz CT molecular complexity index is 517. The number of hydrogen-bond donors (Lipinski definition) is 1. The lowest BCUT2D eigenvalue weighted by atomic mass is 10.0. The summed E-state index contributed by atoms with van der Waals surface area (Å²) in [4.78, 5) is 38.3. The Balaban J connectivity index is 2.19. The molecule has 0 aromatic rings. The number of nitrogens with one attached hydrogen (secondary N) is 1. The summed E-state index contributed by atoms with van der Waals surface area (Å²) in [5.41, 5.74) is 0. The summed E-state index contributed by atoms with van der Waals surface area (Å²) in [5, 5.41) is 2.56. The minimum atomic E-state index is -0.986. The van der Waals surface area contributed by atoms with Crippen molar-refractivity contribution in [1.29, 1.82) is 0 Å². The minimum Gasteiger partial charge on any atom is -0.467 e. The van der Waals surface area contributed by atoms with Crippen LogP contribution in [0, 0.1) is 5.92 Å². The molecule has 0 saturated carbocycles. The van der Waals surface area contributed by atoms with E-state index >= 15 is 0 Å². The van der Waals surface area contributed by atoms with Crippen molar-refractivity contribution >= 4 is 18.0 Å². The van der Waals surface area contributed by atoms with Crippen LogP contribution < -0.4 is 5.32 Å². The normalized spacial score (nSPS) is 22.9. The number of amides is 2. The summed E-state index contributed by atoms with van der Waals surface area (Å²) in [5.74, 6) is -2.12. The molecule has 2 heterocycles. The maximum absolute atomic E-state index is 13.0. The van der Waals surface area contributed by atoms with Gasteiger partial charge >= 0.3 is 12.1 Å². The van der Waals surface area contributed by atoms with E-state index in [1.54, 1.807) is 20.8 Å². The zero-order valence-electron chi connectivity index (χ0n) is 15.1. The molecule has 1 spiro atoms. The third-order valence-corrected chi connectivity index (χ3v) is 4.34. The van der Waals surface area contributed by atoms with Crippen LogP contribution in [-0.2, 0) is 28.5 Å². The molecule has 2 rings (SSSR count). The summed E-state index contributed by atoms with van der Waals surface area (Å²) >= 11 is 0. The van der Waals surface area contributed by atoms with Crippen LogP contribution in [0.4, 0.5) is 4.79 Å². The molecule has 0 aromatic heterocycles. The summed E-state index contributed by atoms with van der Waals surface area (Å²) in [7, 11) is 1.27. The fraction of sp³-hybridized carbons (Fsp3) is 0.812. The van der Waals surface area contributed by atoms with E-state index in [-0.39, 0.29) is 25.5 Å². The van der Waals surface area contributed by atoms with Gasteiger partial charge in [0, 0.05) is 6.42 Å². The van der Waals surface area contributed by atoms with Crippen LogP contribution >= 0.6 is 0 Å². The van der Waals surface area contributed by atoms with Crippen molar-refractivity contribution < 1.29 is 33.3 Å². The Kier molecular flexibility index (Phi) is 6.23.